The van der Waals surface area contributed by atoms with Crippen LogP contribution in [0.3, 0.4) is 0 Å². The summed E-state index contributed by atoms with van der Waals surface area (Å²) in [6.45, 7) is 6.12. The van der Waals surface area contributed by atoms with E-state index in [1.54, 1.807) is 0 Å². The summed E-state index contributed by atoms with van der Waals surface area (Å²) in [5.41, 5.74) is 0. The molecule has 0 aromatic heterocycles. The highest BCUT2D eigenvalue weighted by Crippen LogP contribution is 2.39. The molecule has 4 fully saturated rings. The Kier molecular flexibility index (Phi) is 20.8. The summed E-state index contributed by atoms with van der Waals surface area (Å²) in [7, 11) is 0. The summed E-state index contributed by atoms with van der Waals surface area (Å²) in [5, 5.41) is 42.1. The van der Waals surface area contributed by atoms with Crippen LogP contribution in [-0.4, -0.2) is 211 Å². The smallest absolute Gasteiger partial charge is 0.303 e. The lowest BCUT2D eigenvalue weighted by molar-refractivity contribution is -0.383. The van der Waals surface area contributed by atoms with Crippen LogP contribution in [0, 0.1) is 0 Å². The second-order valence-corrected chi connectivity index (χ2v) is 16.0. The monoisotopic (exact) mass is 984 g/mol. The number of ether oxygens (including phenoxy) is 15. The number of carbonyl (C=O) groups is 8. The van der Waals surface area contributed by atoms with Crippen LogP contribution in [0.25, 0.3) is 0 Å². The van der Waals surface area contributed by atoms with Gasteiger partial charge >= 0.3 is 47.8 Å². The number of hydrogen-bond acceptors (Lipinski definition) is 27. The molecule has 0 aromatic carbocycles. The lowest BCUT2D eigenvalue weighted by Gasteiger charge is -2.50. The molecular weight excluding hydrogens is 924 g/mol. The van der Waals surface area contributed by atoms with Gasteiger partial charge in [-0.05, 0) is 6.92 Å². The fourth-order valence-corrected chi connectivity index (χ4v) is 8.21. The number of rotatable bonds is 18. The second-order valence-electron chi connectivity index (χ2n) is 16.0. The molecule has 0 amide bonds. The minimum absolute atomic E-state index is 0.172. The van der Waals surface area contributed by atoms with E-state index in [-0.39, 0.29) is 6.42 Å². The molecule has 4 aliphatic heterocycles. The molecule has 4 N–H and O–H groups in total. The third-order valence-electron chi connectivity index (χ3n) is 10.6. The fraction of sp³-hybridized carbons (Fsp3) is 0.805. The van der Waals surface area contributed by atoms with Crippen molar-refractivity contribution in [2.75, 3.05) is 26.4 Å². The minimum Gasteiger partial charge on any atom is -0.458 e. The van der Waals surface area contributed by atoms with E-state index in [4.69, 9.17) is 71.1 Å². The molecule has 4 saturated heterocycles. The maximum Gasteiger partial charge on any atom is 0.303 e. The number of aliphatic hydroxyl groups is 4. The normalized spacial score (nSPS) is 37.0. The van der Waals surface area contributed by atoms with Crippen LogP contribution in [0.4, 0.5) is 0 Å². The van der Waals surface area contributed by atoms with Gasteiger partial charge in [0.05, 0.1) is 38.6 Å². The van der Waals surface area contributed by atoms with Crippen LogP contribution in [-0.2, 0) is 109 Å². The summed E-state index contributed by atoms with van der Waals surface area (Å²) >= 11 is 0. The molecule has 4 heterocycles. The van der Waals surface area contributed by atoms with Crippen LogP contribution < -0.4 is 0 Å². The molecule has 386 valence electrons. The quantitative estimate of drug-likeness (QED) is 0.0781. The predicted octanol–water partition coefficient (Wildman–Crippen LogP) is -3.08. The average Bonchev–Trinajstić information content (AvgIpc) is 3.23. The van der Waals surface area contributed by atoms with E-state index in [1.165, 1.54) is 6.92 Å². The molecule has 0 spiro atoms. The van der Waals surface area contributed by atoms with E-state index < -0.39 is 191 Å². The summed E-state index contributed by atoms with van der Waals surface area (Å²) in [4.78, 5) is 100. The Bertz CT molecular complexity index is 1780. The Hall–Kier alpha value is -4.68. The Labute approximate surface area is 388 Å². The number of carbonyl (C=O) groups excluding carboxylic acids is 8. The molecule has 27 nitrogen and oxygen atoms in total. The van der Waals surface area contributed by atoms with Crippen LogP contribution in [0.5, 0.6) is 0 Å². The average molecular weight is 985 g/mol. The lowest BCUT2D eigenvalue weighted by Crippen LogP contribution is -2.69. The Balaban J connectivity index is 1.80. The van der Waals surface area contributed by atoms with Crippen LogP contribution in [0.2, 0.25) is 0 Å². The van der Waals surface area contributed by atoms with E-state index in [0.717, 1.165) is 55.4 Å². The molecule has 68 heavy (non-hydrogen) atoms. The topological polar surface area (TPSA) is 356 Å². The highest BCUT2D eigenvalue weighted by Gasteiger charge is 2.59. The van der Waals surface area contributed by atoms with Crippen molar-refractivity contribution >= 4 is 47.8 Å². The van der Waals surface area contributed by atoms with E-state index in [9.17, 15) is 58.8 Å². The summed E-state index contributed by atoms with van der Waals surface area (Å²) < 4.78 is 86.8. The lowest BCUT2D eigenvalue weighted by atomic mass is 9.93. The van der Waals surface area contributed by atoms with Crippen LogP contribution >= 0.6 is 0 Å². The molecule has 4 aliphatic rings. The Morgan fingerprint density at radius 3 is 1.00 bits per heavy atom. The van der Waals surface area contributed by atoms with Crippen molar-refractivity contribution < 1.29 is 130 Å². The molecule has 0 aliphatic carbocycles. The molecule has 0 saturated carbocycles. The van der Waals surface area contributed by atoms with Crippen molar-refractivity contribution in [1.82, 2.24) is 0 Å². The molecule has 19 atom stereocenters. The summed E-state index contributed by atoms with van der Waals surface area (Å²) in [6.07, 6.45) is -30.9. The predicted molar refractivity (Wildman–Crippen MR) is 212 cm³/mol. The van der Waals surface area contributed by atoms with Crippen molar-refractivity contribution in [3.63, 3.8) is 0 Å². The van der Waals surface area contributed by atoms with Crippen LogP contribution in [0.1, 0.15) is 68.7 Å². The molecule has 0 bridgehead atoms. The zero-order valence-electron chi connectivity index (χ0n) is 38.7. The maximum atomic E-state index is 12.8. The van der Waals surface area contributed by atoms with Crippen molar-refractivity contribution in [2.24, 2.45) is 0 Å². The van der Waals surface area contributed by atoms with Crippen molar-refractivity contribution in [1.29, 1.82) is 0 Å². The van der Waals surface area contributed by atoms with E-state index in [1.807, 2.05) is 0 Å². The van der Waals surface area contributed by atoms with Crippen molar-refractivity contribution in [3.8, 4) is 0 Å². The first-order chi connectivity index (χ1) is 32.0. The molecule has 0 radical (unpaired) electrons. The largest absolute Gasteiger partial charge is 0.458 e. The van der Waals surface area contributed by atoms with Gasteiger partial charge in [-0.25, -0.2) is 0 Å². The van der Waals surface area contributed by atoms with Crippen LogP contribution in [0.15, 0.2) is 0 Å². The number of aliphatic hydroxyl groups excluding tert-OH is 4. The highest BCUT2D eigenvalue weighted by atomic mass is 16.8. The number of esters is 8. The third kappa shape index (κ3) is 14.7. The van der Waals surface area contributed by atoms with E-state index in [0.29, 0.717) is 0 Å². The van der Waals surface area contributed by atoms with Crippen molar-refractivity contribution in [3.05, 3.63) is 0 Å². The zero-order chi connectivity index (χ0) is 50.7. The molecule has 12 unspecified atom stereocenters. The van der Waals surface area contributed by atoms with E-state index >= 15 is 0 Å². The SMILES string of the molecule is CC(=O)OC1C(O[C@@H]2C(CO)OC(O[C@@H]3C(CO)OC(O[C@H]4C(CO)OC(C)C(OC(C)=O)[C@@H]4OC(C)=O)C(OC(C)=O)[C@@H]3OC(C)=O)C(OC(C)=O)[C@@H]2OC(C)=O)OC(CO)C[C@H]1OC(C)=O. The maximum absolute atomic E-state index is 12.8. The van der Waals surface area contributed by atoms with Crippen molar-refractivity contribution in [2.45, 2.75) is 185 Å². The first-order valence-electron chi connectivity index (χ1n) is 21.4. The van der Waals surface area contributed by atoms with Gasteiger partial charge in [-0.3, -0.25) is 38.4 Å². The van der Waals surface area contributed by atoms with Gasteiger partial charge in [-0.1, -0.05) is 0 Å². The minimum atomic E-state index is -2.00. The van der Waals surface area contributed by atoms with Gasteiger partial charge in [-0.2, -0.15) is 0 Å². The Morgan fingerprint density at radius 2 is 0.662 bits per heavy atom. The van der Waals surface area contributed by atoms with Gasteiger partial charge in [0.2, 0.25) is 0 Å². The second kappa shape index (κ2) is 25.3. The summed E-state index contributed by atoms with van der Waals surface area (Å²) in [6, 6.07) is 0. The third-order valence-corrected chi connectivity index (χ3v) is 10.6. The Morgan fingerprint density at radius 1 is 0.368 bits per heavy atom. The molecular formula is C41H60O27. The highest BCUT2D eigenvalue weighted by molar-refractivity contribution is 5.69. The standard InChI is InChI=1S/C41H60O27/c1-15-29(56-17(3)47)34(58-19(5)49)30(26(12-43)54-15)67-40-38(62-23(9)53)36(60-21(7)51)32(28(14-45)65-40)68-41-37(61-22(8)52)35(59-20(6)50)31(27(13-44)64-41)66-39-33(57-18(4)48)25(55-16(2)46)10-24(11-42)63-39/h15,24-45H,10-14H2,1-9H3/t15?,24?,25-,26?,27?,28?,29?,30+,31-,32-,33?,34+,35-,36-,37?,38?,39?,40?,41?/m1/s1. The first kappa shape index (κ1) is 55.9. The number of hydrogen-bond donors (Lipinski definition) is 4. The van der Waals surface area contributed by atoms with Gasteiger partial charge in [0.1, 0.15) is 42.7 Å². The van der Waals surface area contributed by atoms with Gasteiger partial charge in [0.25, 0.3) is 0 Å². The zero-order valence-corrected chi connectivity index (χ0v) is 38.7. The summed E-state index contributed by atoms with van der Waals surface area (Å²) in [5.74, 6) is -7.47. The molecule has 0 aromatic rings. The molecule has 4 rings (SSSR count). The first-order valence-corrected chi connectivity index (χ1v) is 21.4. The molecule has 27 heteroatoms. The van der Waals surface area contributed by atoms with Gasteiger partial charge in [0, 0.05) is 61.8 Å². The van der Waals surface area contributed by atoms with Gasteiger partial charge in [0.15, 0.2) is 61.6 Å². The van der Waals surface area contributed by atoms with E-state index in [2.05, 4.69) is 0 Å². The van der Waals surface area contributed by atoms with Gasteiger partial charge < -0.3 is 91.5 Å². The van der Waals surface area contributed by atoms with Gasteiger partial charge in [-0.15, -0.1) is 0 Å². The fourth-order valence-electron chi connectivity index (χ4n) is 8.21.